The monoisotopic (exact) mass is 572 g/mol. The van der Waals surface area contributed by atoms with Crippen molar-refractivity contribution in [1.82, 2.24) is 29.7 Å². The number of carbonyl (C=O) groups excluding carboxylic acids is 1. The number of aromatic nitrogens is 4. The standard InChI is InChI=1S/C31H40N8O3/c1-3-25(40)35-23-15-24(28(42)27(23)41)39-18-34-26-29(32-16-20-11-7-10-19-9-5-6-13-22(19)20)36-31(37-30(26)39)33-17-21-12-8-14-38(21)4-2/h5-7,9-11,13,18,21,23-24,27-28,41-42H,3-4,8,12,14-17H2,1-2H3,(H,35,40)(H2,32,33,36,37)/t21-,23-,24?,27+,28-/m0/s1. The van der Waals surface area contributed by atoms with Gasteiger partial charge in [0.1, 0.15) is 12.2 Å². The number of likely N-dealkylation sites (N-methyl/N-ethyl adjacent to an activating group) is 1. The summed E-state index contributed by atoms with van der Waals surface area (Å²) in [6, 6.07) is 13.9. The third kappa shape index (κ3) is 5.51. The van der Waals surface area contributed by atoms with Crippen LogP contribution in [0.3, 0.4) is 0 Å². The van der Waals surface area contributed by atoms with E-state index in [0.717, 1.165) is 31.6 Å². The first kappa shape index (κ1) is 28.3. The second kappa shape index (κ2) is 12.2. The van der Waals surface area contributed by atoms with Gasteiger partial charge < -0.3 is 30.7 Å². The molecule has 11 nitrogen and oxygen atoms in total. The predicted octanol–water partition coefficient (Wildman–Crippen LogP) is 3.05. The highest BCUT2D eigenvalue weighted by atomic mass is 16.3. The summed E-state index contributed by atoms with van der Waals surface area (Å²) in [4.78, 5) is 28.9. The smallest absolute Gasteiger partial charge is 0.226 e. The molecule has 6 rings (SSSR count). The molecule has 2 aromatic heterocycles. The van der Waals surface area contributed by atoms with Gasteiger partial charge in [0, 0.05) is 25.6 Å². The van der Waals surface area contributed by atoms with Crippen molar-refractivity contribution in [2.24, 2.45) is 0 Å². The fourth-order valence-corrected chi connectivity index (χ4v) is 6.47. The van der Waals surface area contributed by atoms with Crippen molar-refractivity contribution in [3.8, 4) is 0 Å². The Kier molecular flexibility index (Phi) is 8.23. The lowest BCUT2D eigenvalue weighted by atomic mass is 10.0. The lowest BCUT2D eigenvalue weighted by Gasteiger charge is -2.23. The Labute approximate surface area is 245 Å². The summed E-state index contributed by atoms with van der Waals surface area (Å²) in [6.07, 6.45) is 2.45. The van der Waals surface area contributed by atoms with Crippen molar-refractivity contribution in [2.75, 3.05) is 30.3 Å². The number of hydrogen-bond acceptors (Lipinski definition) is 9. The molecule has 1 aliphatic carbocycles. The molecule has 3 heterocycles. The van der Waals surface area contributed by atoms with E-state index in [1.165, 1.54) is 17.2 Å². The summed E-state index contributed by atoms with van der Waals surface area (Å²) >= 11 is 0. The molecule has 1 aliphatic heterocycles. The molecule has 0 bridgehead atoms. The van der Waals surface area contributed by atoms with Crippen LogP contribution in [0.1, 0.15) is 51.1 Å². The van der Waals surface area contributed by atoms with Gasteiger partial charge in [-0.25, -0.2) is 4.98 Å². The van der Waals surface area contributed by atoms with Crippen molar-refractivity contribution in [2.45, 2.75) is 76.4 Å². The van der Waals surface area contributed by atoms with Crippen molar-refractivity contribution in [3.05, 3.63) is 54.4 Å². The molecule has 11 heteroatoms. The fourth-order valence-electron chi connectivity index (χ4n) is 6.47. The maximum Gasteiger partial charge on any atom is 0.226 e. The van der Waals surface area contributed by atoms with E-state index in [-0.39, 0.29) is 5.91 Å². The maximum absolute atomic E-state index is 12.0. The van der Waals surface area contributed by atoms with Crippen LogP contribution < -0.4 is 16.0 Å². The van der Waals surface area contributed by atoms with Gasteiger partial charge in [-0.1, -0.05) is 56.3 Å². The number of carbonyl (C=O) groups is 1. The average molecular weight is 573 g/mol. The van der Waals surface area contributed by atoms with Gasteiger partial charge in [0.05, 0.1) is 18.4 Å². The first-order valence-corrected chi connectivity index (χ1v) is 15.0. The van der Waals surface area contributed by atoms with E-state index < -0.39 is 24.3 Å². The normalized spacial score (nSPS) is 24.4. The van der Waals surface area contributed by atoms with Crippen LogP contribution >= 0.6 is 0 Å². The topological polar surface area (TPSA) is 140 Å². The van der Waals surface area contributed by atoms with Crippen molar-refractivity contribution in [3.63, 3.8) is 0 Å². The molecule has 4 aromatic rings. The summed E-state index contributed by atoms with van der Waals surface area (Å²) in [5.74, 6) is 0.914. The van der Waals surface area contributed by atoms with E-state index in [4.69, 9.17) is 9.97 Å². The lowest BCUT2D eigenvalue weighted by molar-refractivity contribution is -0.122. The number of nitrogens with one attached hydrogen (secondary N) is 3. The second-order valence-corrected chi connectivity index (χ2v) is 11.3. The van der Waals surface area contributed by atoms with Gasteiger partial charge in [-0.05, 0) is 48.7 Å². The molecule has 222 valence electrons. The summed E-state index contributed by atoms with van der Waals surface area (Å²) in [5.41, 5.74) is 2.28. The van der Waals surface area contributed by atoms with Crippen LogP contribution in [-0.4, -0.2) is 84.5 Å². The molecule has 0 spiro atoms. The first-order chi connectivity index (χ1) is 20.5. The van der Waals surface area contributed by atoms with Crippen molar-refractivity contribution >= 4 is 39.6 Å². The number of benzene rings is 2. The largest absolute Gasteiger partial charge is 0.388 e. The third-order valence-corrected chi connectivity index (χ3v) is 8.83. The van der Waals surface area contributed by atoms with Crippen LogP contribution in [0.5, 0.6) is 0 Å². The minimum Gasteiger partial charge on any atom is -0.388 e. The Morgan fingerprint density at radius 1 is 1.05 bits per heavy atom. The highest BCUT2D eigenvalue weighted by Crippen LogP contribution is 2.34. The summed E-state index contributed by atoms with van der Waals surface area (Å²) in [7, 11) is 0. The van der Waals surface area contributed by atoms with E-state index >= 15 is 0 Å². The summed E-state index contributed by atoms with van der Waals surface area (Å²) in [5, 5.41) is 33.9. The molecule has 1 amide bonds. The molecule has 5 atom stereocenters. The van der Waals surface area contributed by atoms with Crippen LogP contribution in [0.2, 0.25) is 0 Å². The molecule has 0 radical (unpaired) electrons. The second-order valence-electron chi connectivity index (χ2n) is 11.3. The molecular weight excluding hydrogens is 532 g/mol. The molecule has 1 unspecified atom stereocenters. The molecule has 2 aliphatic rings. The van der Waals surface area contributed by atoms with E-state index in [9.17, 15) is 15.0 Å². The van der Waals surface area contributed by atoms with Crippen molar-refractivity contribution < 1.29 is 15.0 Å². The zero-order valence-corrected chi connectivity index (χ0v) is 24.2. The van der Waals surface area contributed by atoms with Crippen molar-refractivity contribution in [1.29, 1.82) is 0 Å². The number of rotatable bonds is 10. The van der Waals surface area contributed by atoms with Gasteiger partial charge in [-0.2, -0.15) is 9.97 Å². The summed E-state index contributed by atoms with van der Waals surface area (Å²) in [6.45, 7) is 7.33. The average Bonchev–Trinajstić information content (AvgIpc) is 3.73. The maximum atomic E-state index is 12.0. The number of aliphatic hydroxyl groups is 2. The van der Waals surface area contributed by atoms with Gasteiger partial charge in [-0.3, -0.25) is 9.69 Å². The van der Waals surface area contributed by atoms with Crippen LogP contribution in [0, 0.1) is 0 Å². The number of hydrogen-bond donors (Lipinski definition) is 5. The van der Waals surface area contributed by atoms with Crippen LogP contribution in [0.25, 0.3) is 21.9 Å². The van der Waals surface area contributed by atoms with Crippen LogP contribution in [-0.2, 0) is 11.3 Å². The van der Waals surface area contributed by atoms with E-state index in [1.807, 2.05) is 16.7 Å². The Morgan fingerprint density at radius 3 is 2.71 bits per heavy atom. The number of likely N-dealkylation sites (tertiary alicyclic amines) is 1. The zero-order chi connectivity index (χ0) is 29.2. The molecule has 1 saturated carbocycles. The molecule has 5 N–H and O–H groups in total. The minimum atomic E-state index is -1.09. The number of nitrogens with zero attached hydrogens (tertiary/aromatic N) is 5. The fraction of sp³-hybridized carbons (Fsp3) is 0.484. The number of aliphatic hydroxyl groups excluding tert-OH is 2. The Bertz CT molecular complexity index is 1550. The van der Waals surface area contributed by atoms with Crippen LogP contribution in [0.4, 0.5) is 11.8 Å². The quantitative estimate of drug-likeness (QED) is 0.194. The number of fused-ring (bicyclic) bond motifs is 2. The number of anilines is 2. The highest BCUT2D eigenvalue weighted by Gasteiger charge is 2.43. The lowest BCUT2D eigenvalue weighted by Crippen LogP contribution is -2.42. The Balaban J connectivity index is 1.32. The predicted molar refractivity (Wildman–Crippen MR) is 163 cm³/mol. The molecule has 42 heavy (non-hydrogen) atoms. The Morgan fingerprint density at radius 2 is 1.88 bits per heavy atom. The van der Waals surface area contributed by atoms with Crippen LogP contribution in [0.15, 0.2) is 48.8 Å². The van der Waals surface area contributed by atoms with E-state index in [0.29, 0.717) is 48.4 Å². The van der Waals surface area contributed by atoms with Gasteiger partial charge in [0.25, 0.3) is 0 Å². The zero-order valence-electron chi connectivity index (χ0n) is 24.2. The van der Waals surface area contributed by atoms with E-state index in [2.05, 4.69) is 63.1 Å². The number of imidazole rings is 1. The van der Waals surface area contributed by atoms with Gasteiger partial charge in [0.2, 0.25) is 11.9 Å². The Hall–Kier alpha value is -3.80. The highest BCUT2D eigenvalue weighted by molar-refractivity contribution is 5.87. The number of amides is 1. The van der Waals surface area contributed by atoms with Gasteiger partial charge in [0.15, 0.2) is 17.0 Å². The molecule has 2 fully saturated rings. The molecular formula is C31H40N8O3. The summed E-state index contributed by atoms with van der Waals surface area (Å²) < 4.78 is 1.81. The third-order valence-electron chi connectivity index (χ3n) is 8.83. The first-order valence-electron chi connectivity index (χ1n) is 15.0. The van der Waals surface area contributed by atoms with E-state index in [1.54, 1.807) is 13.3 Å². The minimum absolute atomic E-state index is 0.163. The van der Waals surface area contributed by atoms with Gasteiger partial charge >= 0.3 is 0 Å². The van der Waals surface area contributed by atoms with Gasteiger partial charge in [-0.15, -0.1) is 0 Å². The SMILES string of the molecule is CCC(=O)N[C@H]1CC(n2cnc3c(NCc4cccc5ccccc45)nc(NC[C@@H]4CCCN4CC)nc32)[C@H](O)[C@@H]1O. The molecule has 2 aromatic carbocycles. The molecule has 1 saturated heterocycles.